The van der Waals surface area contributed by atoms with Crippen molar-refractivity contribution in [2.24, 2.45) is 0 Å². The number of nitrogens with zero attached hydrogens (tertiary/aromatic N) is 2. The second-order valence-corrected chi connectivity index (χ2v) is 7.99. The van der Waals surface area contributed by atoms with E-state index in [0.717, 1.165) is 0 Å². The number of rotatable bonds is 5. The van der Waals surface area contributed by atoms with Crippen molar-refractivity contribution < 1.29 is 17.9 Å². The van der Waals surface area contributed by atoms with Crippen molar-refractivity contribution in [3.8, 4) is 11.4 Å². The topological polar surface area (TPSA) is 86.4 Å². The van der Waals surface area contributed by atoms with Crippen LogP contribution in [-0.4, -0.2) is 21.0 Å². The molecule has 4 aromatic rings. The maximum absolute atomic E-state index is 14.2. The zero-order chi connectivity index (χ0) is 20.5. The van der Waals surface area contributed by atoms with Gasteiger partial charge >= 0.3 is 0 Å². The molecule has 1 unspecified atom stereocenters. The molecule has 0 fully saturated rings. The summed E-state index contributed by atoms with van der Waals surface area (Å²) in [6.45, 7) is 0. The van der Waals surface area contributed by atoms with Gasteiger partial charge in [0.25, 0.3) is 5.56 Å². The fourth-order valence-corrected chi connectivity index (χ4v) is 4.02. The number of anilines is 1. The van der Waals surface area contributed by atoms with E-state index < -0.39 is 16.8 Å². The Morgan fingerprint density at radius 2 is 2.03 bits per heavy atom. The van der Waals surface area contributed by atoms with E-state index in [9.17, 15) is 13.4 Å². The van der Waals surface area contributed by atoms with Crippen LogP contribution in [-0.2, 0) is 11.0 Å². The van der Waals surface area contributed by atoms with Crippen LogP contribution in [0.25, 0.3) is 16.6 Å². The van der Waals surface area contributed by atoms with Gasteiger partial charge in [0, 0.05) is 23.6 Å². The van der Waals surface area contributed by atoms with Crippen molar-refractivity contribution in [1.29, 1.82) is 0 Å². The number of fused-ring (bicyclic) bond motifs is 1. The summed E-state index contributed by atoms with van der Waals surface area (Å²) in [6, 6.07) is 12.1. The minimum Gasteiger partial charge on any atom is -0.495 e. The molecule has 10 heteroatoms. The second kappa shape index (κ2) is 7.80. The fourth-order valence-electron chi connectivity index (χ4n) is 2.86. The predicted molar refractivity (Wildman–Crippen MR) is 110 cm³/mol. The van der Waals surface area contributed by atoms with E-state index in [4.69, 9.17) is 9.26 Å². The van der Waals surface area contributed by atoms with Gasteiger partial charge in [-0.2, -0.15) is 0 Å². The molecule has 0 aliphatic heterocycles. The molecule has 0 spiro atoms. The first kappa shape index (κ1) is 19.3. The van der Waals surface area contributed by atoms with Crippen molar-refractivity contribution in [1.82, 2.24) is 9.72 Å². The quantitative estimate of drug-likeness (QED) is 0.468. The smallest absolute Gasteiger partial charge is 0.255 e. The summed E-state index contributed by atoms with van der Waals surface area (Å²) < 4.78 is 41.0. The van der Waals surface area contributed by atoms with Gasteiger partial charge in [-0.25, -0.2) is 8.60 Å². The van der Waals surface area contributed by atoms with Crippen molar-refractivity contribution in [2.45, 2.75) is 4.90 Å². The number of ether oxygens (including phenoxy) is 1. The lowest BCUT2D eigenvalue weighted by molar-refractivity contribution is 0.411. The number of halogens is 2. The first-order valence-corrected chi connectivity index (χ1v) is 10.2. The third kappa shape index (κ3) is 3.68. The third-order valence-corrected chi connectivity index (χ3v) is 5.86. The van der Waals surface area contributed by atoms with Gasteiger partial charge in [-0.05, 0) is 46.3 Å². The minimum absolute atomic E-state index is 0.225. The normalized spacial score (nSPS) is 12.1. The summed E-state index contributed by atoms with van der Waals surface area (Å²) in [7, 11) is -0.148. The van der Waals surface area contributed by atoms with Gasteiger partial charge < -0.3 is 9.26 Å². The van der Waals surface area contributed by atoms with E-state index in [1.807, 2.05) is 0 Å². The van der Waals surface area contributed by atoms with Crippen LogP contribution in [0.2, 0.25) is 0 Å². The Balaban J connectivity index is 1.84. The average Bonchev–Trinajstić information content (AvgIpc) is 3.22. The monoisotopic (exact) mass is 477 g/mol. The Morgan fingerprint density at radius 3 is 2.76 bits per heavy atom. The highest BCUT2D eigenvalue weighted by molar-refractivity contribution is 9.10. The molecule has 148 valence electrons. The van der Waals surface area contributed by atoms with Gasteiger partial charge in [0.2, 0.25) is 0 Å². The predicted octanol–water partition coefficient (Wildman–Crippen LogP) is 4.02. The molecule has 0 aliphatic carbocycles. The molecule has 0 amide bonds. The van der Waals surface area contributed by atoms with Crippen molar-refractivity contribution >= 4 is 43.6 Å². The summed E-state index contributed by atoms with van der Waals surface area (Å²) in [5, 5.41) is 4.31. The molecular weight excluding hydrogens is 465 g/mol. The maximum Gasteiger partial charge on any atom is 0.255 e. The van der Waals surface area contributed by atoms with Gasteiger partial charge in [0.1, 0.15) is 17.8 Å². The largest absolute Gasteiger partial charge is 0.495 e. The molecule has 0 saturated carbocycles. The number of hydrogen-bond donors (Lipinski definition) is 1. The molecule has 0 saturated heterocycles. The molecule has 29 heavy (non-hydrogen) atoms. The lowest BCUT2D eigenvalue weighted by Crippen LogP contribution is -2.18. The zero-order valence-corrected chi connectivity index (χ0v) is 17.3. The van der Waals surface area contributed by atoms with Crippen molar-refractivity contribution in [3.05, 3.63) is 75.4 Å². The highest BCUT2D eigenvalue weighted by Crippen LogP contribution is 2.31. The molecule has 0 bridgehead atoms. The van der Waals surface area contributed by atoms with E-state index >= 15 is 0 Å². The van der Waals surface area contributed by atoms with E-state index in [2.05, 4.69) is 25.8 Å². The maximum atomic E-state index is 14.2. The van der Waals surface area contributed by atoms with Crippen LogP contribution < -0.4 is 15.0 Å². The minimum atomic E-state index is -1.59. The third-order valence-electron chi connectivity index (χ3n) is 4.18. The zero-order valence-electron chi connectivity index (χ0n) is 14.9. The summed E-state index contributed by atoms with van der Waals surface area (Å²) in [4.78, 5) is 13.1. The van der Waals surface area contributed by atoms with Crippen LogP contribution in [0, 0.1) is 5.82 Å². The van der Waals surface area contributed by atoms with Gasteiger partial charge in [-0.1, -0.05) is 5.16 Å². The Morgan fingerprint density at radius 1 is 1.21 bits per heavy atom. The van der Waals surface area contributed by atoms with Crippen LogP contribution in [0.4, 0.5) is 10.2 Å². The number of aromatic nitrogens is 2. The Kier molecular flexibility index (Phi) is 5.20. The summed E-state index contributed by atoms with van der Waals surface area (Å²) in [6.07, 6.45) is 1.36. The van der Waals surface area contributed by atoms with E-state index in [1.54, 1.807) is 30.3 Å². The second-order valence-electron chi connectivity index (χ2n) is 5.92. The Bertz CT molecular complexity index is 1290. The van der Waals surface area contributed by atoms with E-state index in [-0.39, 0.29) is 15.7 Å². The molecule has 1 atom stereocenters. The van der Waals surface area contributed by atoms with Gasteiger partial charge in [-0.15, -0.1) is 0 Å². The van der Waals surface area contributed by atoms with Gasteiger partial charge in [0.05, 0.1) is 27.7 Å². The van der Waals surface area contributed by atoms with Crippen LogP contribution >= 0.6 is 15.9 Å². The number of nitrogens with one attached hydrogen (secondary N) is 1. The average molecular weight is 478 g/mol. The van der Waals surface area contributed by atoms with Crippen molar-refractivity contribution in [3.63, 3.8) is 0 Å². The van der Waals surface area contributed by atoms with Crippen LogP contribution in [0.5, 0.6) is 5.75 Å². The molecule has 0 aliphatic rings. The standard InChI is InChI=1S/C19H13BrFN3O4S/c1-27-17-9-13(20)14(21)10-16(17)24-15-4-3-12(8-11(15)2-5-19(24)25)29(26)23-18-6-7-28-22-18/h2-10H,1H3,(H,22,23). The highest BCUT2D eigenvalue weighted by atomic mass is 79.9. The fraction of sp³-hybridized carbons (Fsp3) is 0.0526. The molecular formula is C19H13BrFN3O4S. The van der Waals surface area contributed by atoms with E-state index in [1.165, 1.54) is 36.1 Å². The summed E-state index contributed by atoms with van der Waals surface area (Å²) >= 11 is 3.12. The number of pyridine rings is 1. The molecule has 2 heterocycles. The molecule has 4 rings (SSSR count). The van der Waals surface area contributed by atoms with E-state index in [0.29, 0.717) is 27.4 Å². The highest BCUT2D eigenvalue weighted by Gasteiger charge is 2.15. The molecule has 7 nitrogen and oxygen atoms in total. The van der Waals surface area contributed by atoms with Gasteiger partial charge in [0.15, 0.2) is 16.8 Å². The molecule has 2 aromatic heterocycles. The van der Waals surface area contributed by atoms with Crippen LogP contribution in [0.1, 0.15) is 0 Å². The summed E-state index contributed by atoms with van der Waals surface area (Å²) in [5.41, 5.74) is 0.422. The number of methoxy groups -OCH3 is 1. The van der Waals surface area contributed by atoms with Crippen molar-refractivity contribution in [2.75, 3.05) is 11.8 Å². The lowest BCUT2D eigenvalue weighted by atomic mass is 10.2. The lowest BCUT2D eigenvalue weighted by Gasteiger charge is -2.15. The summed E-state index contributed by atoms with van der Waals surface area (Å²) in [5.74, 6) is 0.135. The van der Waals surface area contributed by atoms with Crippen LogP contribution in [0.3, 0.4) is 0 Å². The number of benzene rings is 2. The first-order valence-electron chi connectivity index (χ1n) is 8.26. The Labute approximate surface area is 174 Å². The molecule has 2 aromatic carbocycles. The Hall–Kier alpha value is -2.98. The SMILES string of the molecule is COc1cc(Br)c(F)cc1-n1c(=O)ccc2cc(S(=O)Nc3ccon3)ccc21. The molecule has 1 N–H and O–H groups in total. The first-order chi connectivity index (χ1) is 14.0. The molecule has 0 radical (unpaired) electrons. The van der Waals surface area contributed by atoms with Gasteiger partial charge in [-0.3, -0.25) is 14.1 Å². The van der Waals surface area contributed by atoms with Crippen LogP contribution in [0.15, 0.2) is 73.5 Å². The number of hydrogen-bond acceptors (Lipinski definition) is 5.